The van der Waals surface area contributed by atoms with Crippen molar-refractivity contribution < 1.29 is 12.8 Å². The maximum Gasteiger partial charge on any atom is 0.209 e. The van der Waals surface area contributed by atoms with Crippen LogP contribution in [0, 0.1) is 17.7 Å². The van der Waals surface area contributed by atoms with Crippen molar-refractivity contribution in [1.29, 1.82) is 0 Å². The van der Waals surface area contributed by atoms with Crippen molar-refractivity contribution in [2.45, 2.75) is 19.9 Å². The summed E-state index contributed by atoms with van der Waals surface area (Å²) in [7, 11) is -3.24. The molecule has 1 saturated heterocycles. The minimum Gasteiger partial charge on any atom is -0.355 e. The summed E-state index contributed by atoms with van der Waals surface area (Å²) in [5, 5.41) is 0. The highest BCUT2D eigenvalue weighted by Crippen LogP contribution is 2.28. The van der Waals surface area contributed by atoms with Crippen molar-refractivity contribution >= 4 is 15.8 Å². The van der Waals surface area contributed by atoms with E-state index >= 15 is 0 Å². The summed E-state index contributed by atoms with van der Waals surface area (Å²) >= 11 is 0. The monoisotopic (exact) mass is 301 g/mol. The van der Waals surface area contributed by atoms with Gasteiger partial charge in [-0.05, 0) is 24.0 Å². The number of nitrogens with zero attached hydrogens (tertiary/aromatic N) is 2. The number of hydrogen-bond donors (Lipinski definition) is 1. The predicted molar refractivity (Wildman–Crippen MR) is 76.5 cm³/mol. The molecule has 5 nitrogen and oxygen atoms in total. The van der Waals surface area contributed by atoms with E-state index in [4.69, 9.17) is 0 Å². The third kappa shape index (κ3) is 3.67. The molecule has 0 amide bonds. The van der Waals surface area contributed by atoms with Crippen LogP contribution in [0.2, 0.25) is 0 Å². The van der Waals surface area contributed by atoms with Gasteiger partial charge in [-0.2, -0.15) is 0 Å². The van der Waals surface area contributed by atoms with Gasteiger partial charge in [0.2, 0.25) is 10.0 Å². The number of rotatable bonds is 4. The van der Waals surface area contributed by atoms with Crippen LogP contribution in [0.4, 0.5) is 10.2 Å². The highest BCUT2D eigenvalue weighted by Gasteiger charge is 2.36. The molecule has 1 aromatic rings. The van der Waals surface area contributed by atoms with Crippen LogP contribution in [0.3, 0.4) is 0 Å². The lowest BCUT2D eigenvalue weighted by Crippen LogP contribution is -2.41. The summed E-state index contributed by atoms with van der Waals surface area (Å²) in [6.07, 6.45) is 2.35. The zero-order valence-corrected chi connectivity index (χ0v) is 12.7. The van der Waals surface area contributed by atoms with Gasteiger partial charge in [0.15, 0.2) is 0 Å². The Labute approximate surface area is 119 Å². The van der Waals surface area contributed by atoms with Crippen LogP contribution in [-0.2, 0) is 10.0 Å². The molecule has 0 saturated carbocycles. The van der Waals surface area contributed by atoms with Crippen molar-refractivity contribution in [2.24, 2.45) is 11.8 Å². The topological polar surface area (TPSA) is 62.3 Å². The molecule has 2 rings (SSSR count). The molecule has 7 heteroatoms. The van der Waals surface area contributed by atoms with E-state index in [1.807, 2.05) is 4.90 Å². The smallest absolute Gasteiger partial charge is 0.209 e. The SMILES string of the molecule is CC(C)[C@@H]1CN(c2ccc(F)cn2)C[C@H]1NS(C)(=O)=O. The summed E-state index contributed by atoms with van der Waals surface area (Å²) in [6.45, 7) is 5.41. The fourth-order valence-electron chi connectivity index (χ4n) is 2.65. The van der Waals surface area contributed by atoms with Gasteiger partial charge in [-0.1, -0.05) is 13.8 Å². The summed E-state index contributed by atoms with van der Waals surface area (Å²) in [5.74, 6) is 0.852. The van der Waals surface area contributed by atoms with Crippen LogP contribution in [0.5, 0.6) is 0 Å². The molecule has 0 unspecified atom stereocenters. The normalized spacial score (nSPS) is 23.6. The molecule has 0 radical (unpaired) electrons. The van der Waals surface area contributed by atoms with Crippen LogP contribution >= 0.6 is 0 Å². The van der Waals surface area contributed by atoms with Gasteiger partial charge < -0.3 is 4.90 Å². The molecule has 1 N–H and O–H groups in total. The van der Waals surface area contributed by atoms with Gasteiger partial charge in [-0.15, -0.1) is 0 Å². The quantitative estimate of drug-likeness (QED) is 0.908. The Morgan fingerprint density at radius 1 is 1.40 bits per heavy atom. The lowest BCUT2D eigenvalue weighted by molar-refractivity contribution is 0.365. The first-order chi connectivity index (χ1) is 9.26. The van der Waals surface area contributed by atoms with Gasteiger partial charge in [0.05, 0.1) is 12.5 Å². The third-order valence-electron chi connectivity index (χ3n) is 3.62. The van der Waals surface area contributed by atoms with Gasteiger partial charge >= 0.3 is 0 Å². The van der Waals surface area contributed by atoms with Crippen molar-refractivity contribution in [3.8, 4) is 0 Å². The molecule has 1 aromatic heterocycles. The predicted octanol–water partition coefficient (Wildman–Crippen LogP) is 1.23. The van der Waals surface area contributed by atoms with Gasteiger partial charge in [0, 0.05) is 19.1 Å². The van der Waals surface area contributed by atoms with Crippen LogP contribution in [0.1, 0.15) is 13.8 Å². The van der Waals surface area contributed by atoms with Gasteiger partial charge in [0.25, 0.3) is 0 Å². The Hall–Kier alpha value is -1.21. The van der Waals surface area contributed by atoms with E-state index in [9.17, 15) is 12.8 Å². The fraction of sp³-hybridized carbons (Fsp3) is 0.615. The molecule has 1 aliphatic heterocycles. The second-order valence-electron chi connectivity index (χ2n) is 5.64. The van der Waals surface area contributed by atoms with E-state index in [0.717, 1.165) is 0 Å². The molecular formula is C13H20FN3O2S. The summed E-state index contributed by atoms with van der Waals surface area (Å²) in [4.78, 5) is 6.05. The van der Waals surface area contributed by atoms with Crippen molar-refractivity contribution in [3.63, 3.8) is 0 Å². The number of anilines is 1. The first-order valence-electron chi connectivity index (χ1n) is 6.60. The molecule has 1 fully saturated rings. The average Bonchev–Trinajstić information content (AvgIpc) is 2.71. The Morgan fingerprint density at radius 2 is 2.10 bits per heavy atom. The van der Waals surface area contributed by atoms with Crippen LogP contribution in [0.15, 0.2) is 18.3 Å². The minimum absolute atomic E-state index is 0.142. The Kier molecular flexibility index (Phi) is 4.29. The summed E-state index contributed by atoms with van der Waals surface area (Å²) in [5.41, 5.74) is 0. The zero-order valence-electron chi connectivity index (χ0n) is 11.9. The van der Waals surface area contributed by atoms with Crippen LogP contribution < -0.4 is 9.62 Å². The number of hydrogen-bond acceptors (Lipinski definition) is 4. The second-order valence-corrected chi connectivity index (χ2v) is 7.42. The molecule has 0 bridgehead atoms. The maximum absolute atomic E-state index is 12.9. The maximum atomic E-state index is 12.9. The van der Waals surface area contributed by atoms with E-state index in [-0.39, 0.29) is 17.8 Å². The minimum atomic E-state index is -3.24. The first kappa shape index (κ1) is 15.2. The first-order valence-corrected chi connectivity index (χ1v) is 8.49. The number of halogens is 1. The zero-order chi connectivity index (χ0) is 14.9. The van der Waals surface area contributed by atoms with Crippen LogP contribution in [0.25, 0.3) is 0 Å². The van der Waals surface area contributed by atoms with Gasteiger partial charge in [0.1, 0.15) is 11.6 Å². The van der Waals surface area contributed by atoms with Crippen molar-refractivity contribution in [3.05, 3.63) is 24.1 Å². The Bertz CT molecular complexity index is 559. The Balaban J connectivity index is 2.17. The average molecular weight is 301 g/mol. The van der Waals surface area contributed by atoms with Crippen molar-refractivity contribution in [1.82, 2.24) is 9.71 Å². The largest absolute Gasteiger partial charge is 0.355 e. The highest BCUT2D eigenvalue weighted by molar-refractivity contribution is 7.88. The van der Waals surface area contributed by atoms with Gasteiger partial charge in [-0.3, -0.25) is 0 Å². The lowest BCUT2D eigenvalue weighted by Gasteiger charge is -2.21. The molecule has 1 aliphatic rings. The molecule has 0 aromatic carbocycles. The second kappa shape index (κ2) is 5.65. The van der Waals surface area contributed by atoms with Crippen molar-refractivity contribution in [2.75, 3.05) is 24.2 Å². The number of aromatic nitrogens is 1. The standard InChI is InChI=1S/C13H20FN3O2S/c1-9(2)11-7-17(8-12(11)16-20(3,18)19)13-5-4-10(14)6-15-13/h4-6,9,11-12,16H,7-8H2,1-3H3/t11-,12+/m0/s1. The fourth-order valence-corrected chi connectivity index (χ4v) is 3.45. The summed E-state index contributed by atoms with van der Waals surface area (Å²) < 4.78 is 38.5. The molecule has 2 heterocycles. The van der Waals surface area contributed by atoms with E-state index in [2.05, 4.69) is 23.6 Å². The lowest BCUT2D eigenvalue weighted by atomic mass is 9.92. The van der Waals surface area contributed by atoms with E-state index in [1.54, 1.807) is 6.07 Å². The molecule has 2 atom stereocenters. The molecule has 20 heavy (non-hydrogen) atoms. The number of pyridine rings is 1. The molecule has 0 spiro atoms. The highest BCUT2D eigenvalue weighted by atomic mass is 32.2. The van der Waals surface area contributed by atoms with E-state index in [0.29, 0.717) is 24.8 Å². The Morgan fingerprint density at radius 3 is 2.60 bits per heavy atom. The van der Waals surface area contributed by atoms with E-state index < -0.39 is 10.0 Å². The third-order valence-corrected chi connectivity index (χ3v) is 4.35. The number of nitrogens with one attached hydrogen (secondary N) is 1. The number of sulfonamides is 1. The summed E-state index contributed by atoms with van der Waals surface area (Å²) in [6, 6.07) is 2.84. The molecule has 0 aliphatic carbocycles. The molecule has 112 valence electrons. The van der Waals surface area contributed by atoms with E-state index in [1.165, 1.54) is 18.5 Å². The van der Waals surface area contributed by atoms with Crippen LogP contribution in [-0.4, -0.2) is 38.8 Å². The van der Waals surface area contributed by atoms with Gasteiger partial charge in [-0.25, -0.2) is 22.5 Å². The molecular weight excluding hydrogens is 281 g/mol.